The van der Waals surface area contributed by atoms with E-state index in [0.717, 1.165) is 12.8 Å². The number of carbonyl (C=O) groups is 1. The Bertz CT molecular complexity index is 276. The summed E-state index contributed by atoms with van der Waals surface area (Å²) in [7, 11) is 0. The van der Waals surface area contributed by atoms with Crippen LogP contribution in [-0.2, 0) is 4.79 Å². The molecule has 0 radical (unpaired) electrons. The SMILES string of the molecule is CC(C)N(CCC#N)C(=O)C1(CN)CC1. The van der Waals surface area contributed by atoms with Gasteiger partial charge in [-0.1, -0.05) is 0 Å². The van der Waals surface area contributed by atoms with Crippen molar-refractivity contribution in [2.45, 2.75) is 39.2 Å². The van der Waals surface area contributed by atoms with E-state index < -0.39 is 0 Å². The zero-order valence-corrected chi connectivity index (χ0v) is 9.49. The van der Waals surface area contributed by atoms with Crippen molar-refractivity contribution < 1.29 is 4.79 Å². The molecule has 0 bridgehead atoms. The van der Waals surface area contributed by atoms with Crippen molar-refractivity contribution in [2.24, 2.45) is 11.1 Å². The molecule has 0 heterocycles. The lowest BCUT2D eigenvalue weighted by molar-refractivity contribution is -0.138. The van der Waals surface area contributed by atoms with Crippen molar-refractivity contribution in [1.29, 1.82) is 5.26 Å². The van der Waals surface area contributed by atoms with Crippen LogP contribution in [-0.4, -0.2) is 29.9 Å². The molecule has 0 atom stereocenters. The summed E-state index contributed by atoms with van der Waals surface area (Å²) >= 11 is 0. The van der Waals surface area contributed by atoms with Gasteiger partial charge in [0.1, 0.15) is 0 Å². The summed E-state index contributed by atoms with van der Waals surface area (Å²) < 4.78 is 0. The van der Waals surface area contributed by atoms with Gasteiger partial charge in [-0.25, -0.2) is 0 Å². The highest BCUT2D eigenvalue weighted by Gasteiger charge is 2.50. The third kappa shape index (κ3) is 2.48. The summed E-state index contributed by atoms with van der Waals surface area (Å²) in [4.78, 5) is 13.9. The van der Waals surface area contributed by atoms with Crippen molar-refractivity contribution in [3.8, 4) is 6.07 Å². The second-order valence-corrected chi connectivity index (χ2v) is 4.48. The second-order valence-electron chi connectivity index (χ2n) is 4.48. The number of carbonyl (C=O) groups excluding carboxylic acids is 1. The van der Waals surface area contributed by atoms with Gasteiger partial charge in [-0.2, -0.15) is 5.26 Å². The first-order chi connectivity index (χ1) is 7.07. The van der Waals surface area contributed by atoms with Crippen LogP contribution in [0.5, 0.6) is 0 Å². The highest BCUT2D eigenvalue weighted by atomic mass is 16.2. The topological polar surface area (TPSA) is 70.1 Å². The van der Waals surface area contributed by atoms with Gasteiger partial charge in [-0.15, -0.1) is 0 Å². The van der Waals surface area contributed by atoms with Gasteiger partial charge in [0, 0.05) is 19.1 Å². The van der Waals surface area contributed by atoms with E-state index in [-0.39, 0.29) is 17.4 Å². The molecule has 1 amide bonds. The maximum atomic E-state index is 12.1. The monoisotopic (exact) mass is 209 g/mol. The van der Waals surface area contributed by atoms with E-state index in [1.54, 1.807) is 4.90 Å². The Morgan fingerprint density at radius 1 is 1.60 bits per heavy atom. The Kier molecular flexibility index (Phi) is 3.70. The Morgan fingerprint density at radius 3 is 2.53 bits per heavy atom. The Labute approximate surface area is 91.0 Å². The molecule has 1 aliphatic carbocycles. The number of nitrogens with two attached hydrogens (primary N) is 1. The molecule has 0 aliphatic heterocycles. The van der Waals surface area contributed by atoms with Gasteiger partial charge in [0.2, 0.25) is 5.91 Å². The summed E-state index contributed by atoms with van der Waals surface area (Å²) in [6, 6.07) is 2.22. The van der Waals surface area contributed by atoms with Crippen LogP contribution in [0.1, 0.15) is 33.1 Å². The molecule has 2 N–H and O–H groups in total. The first-order valence-electron chi connectivity index (χ1n) is 5.45. The van der Waals surface area contributed by atoms with Crippen LogP contribution < -0.4 is 5.73 Å². The van der Waals surface area contributed by atoms with Crippen molar-refractivity contribution in [1.82, 2.24) is 4.90 Å². The maximum Gasteiger partial charge on any atom is 0.230 e. The van der Waals surface area contributed by atoms with E-state index in [0.29, 0.717) is 19.5 Å². The van der Waals surface area contributed by atoms with Crippen LogP contribution in [0.15, 0.2) is 0 Å². The molecular weight excluding hydrogens is 190 g/mol. The first-order valence-corrected chi connectivity index (χ1v) is 5.45. The molecule has 4 heteroatoms. The highest BCUT2D eigenvalue weighted by Crippen LogP contribution is 2.46. The van der Waals surface area contributed by atoms with Gasteiger partial charge in [0.05, 0.1) is 17.9 Å². The van der Waals surface area contributed by atoms with E-state index in [1.807, 2.05) is 13.8 Å². The van der Waals surface area contributed by atoms with Crippen LogP contribution in [0.4, 0.5) is 0 Å². The minimum atomic E-state index is -0.292. The van der Waals surface area contributed by atoms with Gasteiger partial charge >= 0.3 is 0 Å². The summed E-state index contributed by atoms with van der Waals surface area (Å²) in [6.07, 6.45) is 2.20. The molecule has 0 aromatic rings. The number of hydrogen-bond acceptors (Lipinski definition) is 3. The normalized spacial score (nSPS) is 17.3. The number of nitriles is 1. The number of amides is 1. The molecule has 15 heavy (non-hydrogen) atoms. The molecule has 1 fully saturated rings. The molecule has 0 unspecified atom stereocenters. The van der Waals surface area contributed by atoms with E-state index in [4.69, 9.17) is 11.0 Å². The molecular formula is C11H19N3O. The lowest BCUT2D eigenvalue weighted by Gasteiger charge is -2.29. The van der Waals surface area contributed by atoms with Gasteiger partial charge in [-0.3, -0.25) is 4.79 Å². The maximum absolute atomic E-state index is 12.1. The summed E-state index contributed by atoms with van der Waals surface area (Å²) in [5.74, 6) is 0.134. The number of rotatable bonds is 5. The highest BCUT2D eigenvalue weighted by molar-refractivity contribution is 5.85. The fraction of sp³-hybridized carbons (Fsp3) is 0.818. The molecule has 0 spiro atoms. The van der Waals surface area contributed by atoms with Gasteiger partial charge < -0.3 is 10.6 Å². The van der Waals surface area contributed by atoms with E-state index >= 15 is 0 Å². The summed E-state index contributed by atoms with van der Waals surface area (Å²) in [6.45, 7) is 4.90. The Morgan fingerprint density at radius 2 is 2.20 bits per heavy atom. The minimum Gasteiger partial charge on any atom is -0.339 e. The van der Waals surface area contributed by atoms with Gasteiger partial charge in [-0.05, 0) is 26.7 Å². The standard InChI is InChI=1S/C11H19N3O/c1-9(2)14(7-3-6-12)10(15)11(8-13)4-5-11/h9H,3-5,7-8,13H2,1-2H3. The minimum absolute atomic E-state index is 0.134. The average molecular weight is 209 g/mol. The van der Waals surface area contributed by atoms with Crippen molar-refractivity contribution in [3.63, 3.8) is 0 Å². The Balaban J connectivity index is 2.64. The smallest absolute Gasteiger partial charge is 0.230 e. The molecule has 1 rings (SSSR count). The fourth-order valence-electron chi connectivity index (χ4n) is 1.73. The van der Waals surface area contributed by atoms with Gasteiger partial charge in [0.25, 0.3) is 0 Å². The quantitative estimate of drug-likeness (QED) is 0.730. The first kappa shape index (κ1) is 12.0. The van der Waals surface area contributed by atoms with Crippen LogP contribution in [0, 0.1) is 16.7 Å². The molecule has 0 saturated heterocycles. The Hall–Kier alpha value is -1.08. The predicted octanol–water partition coefficient (Wildman–Crippen LogP) is 0.876. The van der Waals surface area contributed by atoms with Crippen LogP contribution in [0.3, 0.4) is 0 Å². The molecule has 1 saturated carbocycles. The molecule has 84 valence electrons. The van der Waals surface area contributed by atoms with E-state index in [2.05, 4.69) is 6.07 Å². The van der Waals surface area contributed by atoms with Crippen molar-refractivity contribution in [3.05, 3.63) is 0 Å². The molecule has 0 aromatic heterocycles. The number of nitrogens with zero attached hydrogens (tertiary/aromatic N) is 2. The van der Waals surface area contributed by atoms with Crippen molar-refractivity contribution >= 4 is 5.91 Å². The second kappa shape index (κ2) is 4.63. The van der Waals surface area contributed by atoms with Crippen LogP contribution >= 0.6 is 0 Å². The zero-order valence-electron chi connectivity index (χ0n) is 9.49. The van der Waals surface area contributed by atoms with E-state index in [1.165, 1.54) is 0 Å². The summed E-state index contributed by atoms with van der Waals surface area (Å²) in [5.41, 5.74) is 5.33. The number of hydrogen-bond donors (Lipinski definition) is 1. The predicted molar refractivity (Wildman–Crippen MR) is 57.8 cm³/mol. The van der Waals surface area contributed by atoms with E-state index in [9.17, 15) is 4.79 Å². The van der Waals surface area contributed by atoms with Crippen molar-refractivity contribution in [2.75, 3.05) is 13.1 Å². The molecule has 4 nitrogen and oxygen atoms in total. The molecule has 1 aliphatic rings. The third-order valence-electron chi connectivity index (χ3n) is 3.05. The molecule has 0 aromatic carbocycles. The van der Waals surface area contributed by atoms with Crippen LogP contribution in [0.25, 0.3) is 0 Å². The lowest BCUT2D eigenvalue weighted by Crippen LogP contribution is -2.44. The lowest BCUT2D eigenvalue weighted by atomic mass is 10.0. The van der Waals surface area contributed by atoms with Gasteiger partial charge in [0.15, 0.2) is 0 Å². The zero-order chi connectivity index (χ0) is 11.5. The average Bonchev–Trinajstić information content (AvgIpc) is 2.98. The fourth-order valence-corrected chi connectivity index (χ4v) is 1.73. The largest absolute Gasteiger partial charge is 0.339 e. The summed E-state index contributed by atoms with van der Waals surface area (Å²) in [5, 5.41) is 8.54. The third-order valence-corrected chi connectivity index (χ3v) is 3.05. The van der Waals surface area contributed by atoms with Crippen LogP contribution in [0.2, 0.25) is 0 Å².